The van der Waals surface area contributed by atoms with Crippen LogP contribution in [-0.4, -0.2) is 23.8 Å². The van der Waals surface area contributed by atoms with Gasteiger partial charge in [0.1, 0.15) is 5.75 Å². The van der Waals surface area contributed by atoms with E-state index < -0.39 is 10.1 Å². The van der Waals surface area contributed by atoms with Crippen molar-refractivity contribution in [2.24, 2.45) is 0 Å². The molecule has 22 heavy (non-hydrogen) atoms. The fourth-order valence-electron chi connectivity index (χ4n) is 2.44. The highest BCUT2D eigenvalue weighted by atomic mass is 32.2. The summed E-state index contributed by atoms with van der Waals surface area (Å²) in [6.07, 6.45) is 0.906. The topological polar surface area (TPSA) is 74.6 Å². The molecule has 0 aliphatic heterocycles. The molecule has 0 aliphatic rings. The lowest BCUT2D eigenvalue weighted by molar-refractivity contribution is 0.422. The summed E-state index contributed by atoms with van der Waals surface area (Å²) in [4.78, 5) is 0. The van der Waals surface area contributed by atoms with Gasteiger partial charge in [-0.05, 0) is 40.4 Å². The van der Waals surface area contributed by atoms with Gasteiger partial charge >= 0.3 is 0 Å². The van der Waals surface area contributed by atoms with Crippen LogP contribution >= 0.6 is 0 Å². The van der Waals surface area contributed by atoms with Crippen molar-refractivity contribution < 1.29 is 18.1 Å². The quantitative estimate of drug-likeness (QED) is 0.824. The third kappa shape index (κ3) is 5.29. The first-order chi connectivity index (χ1) is 9.72. The fraction of sp³-hybridized carbons (Fsp3) is 0.647. The lowest BCUT2D eigenvalue weighted by Gasteiger charge is -2.28. The van der Waals surface area contributed by atoms with Crippen LogP contribution in [0.3, 0.4) is 0 Å². The lowest BCUT2D eigenvalue weighted by atomic mass is 9.78. The first kappa shape index (κ1) is 19.0. The van der Waals surface area contributed by atoms with Gasteiger partial charge in [0.2, 0.25) is 0 Å². The molecule has 0 aliphatic carbocycles. The first-order valence-corrected chi connectivity index (χ1v) is 9.15. The first-order valence-electron chi connectivity index (χ1n) is 7.54. The highest BCUT2D eigenvalue weighted by molar-refractivity contribution is 7.85. The Morgan fingerprint density at radius 2 is 1.36 bits per heavy atom. The molecule has 0 radical (unpaired) electrons. The van der Waals surface area contributed by atoms with Crippen LogP contribution in [0.4, 0.5) is 0 Å². The average molecular weight is 328 g/mol. The van der Waals surface area contributed by atoms with Crippen LogP contribution in [-0.2, 0) is 27.4 Å². The van der Waals surface area contributed by atoms with E-state index in [4.69, 9.17) is 4.55 Å². The Labute approximate surface area is 134 Å². The van der Waals surface area contributed by atoms with Crippen LogP contribution in [0.1, 0.15) is 64.7 Å². The van der Waals surface area contributed by atoms with Crippen molar-refractivity contribution in [3.05, 3.63) is 28.8 Å². The minimum Gasteiger partial charge on any atom is -0.507 e. The van der Waals surface area contributed by atoms with E-state index in [1.807, 2.05) is 53.7 Å². The number of phenolic OH excluding ortho intramolecular Hbond substituents is 1. The van der Waals surface area contributed by atoms with Crippen molar-refractivity contribution in [2.75, 3.05) is 5.75 Å². The summed E-state index contributed by atoms with van der Waals surface area (Å²) >= 11 is 0. The molecule has 2 N–H and O–H groups in total. The Kier molecular flexibility index (Phi) is 5.35. The van der Waals surface area contributed by atoms with Gasteiger partial charge in [-0.2, -0.15) is 8.42 Å². The van der Waals surface area contributed by atoms with Crippen LogP contribution < -0.4 is 0 Å². The lowest BCUT2D eigenvalue weighted by Crippen LogP contribution is -2.18. The van der Waals surface area contributed by atoms with Gasteiger partial charge in [0.25, 0.3) is 10.1 Å². The molecule has 0 saturated carbocycles. The Bertz CT molecular complexity index is 597. The summed E-state index contributed by atoms with van der Waals surface area (Å²) in [5.41, 5.74) is 2.30. The van der Waals surface area contributed by atoms with E-state index in [-0.39, 0.29) is 16.6 Å². The van der Waals surface area contributed by atoms with Crippen molar-refractivity contribution in [1.29, 1.82) is 0 Å². The number of hydrogen-bond acceptors (Lipinski definition) is 3. The maximum Gasteiger partial charge on any atom is 0.264 e. The van der Waals surface area contributed by atoms with Crippen LogP contribution in [0.25, 0.3) is 0 Å². The number of hydrogen-bond donors (Lipinski definition) is 2. The Hall–Kier alpha value is -1.07. The summed E-state index contributed by atoms with van der Waals surface area (Å²) in [7, 11) is -3.93. The molecule has 0 spiro atoms. The zero-order valence-corrected chi connectivity index (χ0v) is 15.2. The normalized spacial score (nSPS) is 13.4. The second-order valence-electron chi connectivity index (χ2n) is 7.93. The van der Waals surface area contributed by atoms with E-state index >= 15 is 0 Å². The van der Waals surface area contributed by atoms with E-state index in [0.29, 0.717) is 18.6 Å². The zero-order chi connectivity index (χ0) is 17.3. The smallest absolute Gasteiger partial charge is 0.264 e. The molecular weight excluding hydrogens is 300 g/mol. The molecule has 0 fully saturated rings. The second kappa shape index (κ2) is 6.20. The minimum absolute atomic E-state index is 0.205. The molecule has 4 nitrogen and oxygen atoms in total. The maximum absolute atomic E-state index is 10.8. The zero-order valence-electron chi connectivity index (χ0n) is 14.4. The van der Waals surface area contributed by atoms with E-state index in [1.54, 1.807) is 0 Å². The van der Waals surface area contributed by atoms with E-state index in [9.17, 15) is 13.5 Å². The highest BCUT2D eigenvalue weighted by Crippen LogP contribution is 2.39. The van der Waals surface area contributed by atoms with Crippen molar-refractivity contribution in [3.8, 4) is 5.75 Å². The number of benzene rings is 1. The standard InChI is InChI=1S/C17H28O4S/c1-16(2,3)13-10-12(8-7-9-22(19,20)21)11-14(15(13)18)17(4,5)6/h10-11,18H,7-9H2,1-6H3,(H,19,20,21). The maximum atomic E-state index is 10.8. The summed E-state index contributed by atoms with van der Waals surface area (Å²) in [5, 5.41) is 10.6. The monoisotopic (exact) mass is 328 g/mol. The summed E-state index contributed by atoms with van der Waals surface area (Å²) in [6.45, 7) is 12.2. The van der Waals surface area contributed by atoms with Crippen molar-refractivity contribution in [3.63, 3.8) is 0 Å². The SMILES string of the molecule is CC(C)(C)c1cc(CCCS(=O)(=O)O)cc(C(C)(C)C)c1O. The number of rotatable bonds is 4. The fourth-order valence-corrected chi connectivity index (χ4v) is 2.95. The van der Waals surface area contributed by atoms with E-state index in [1.165, 1.54) is 0 Å². The molecule has 0 aromatic heterocycles. The van der Waals surface area contributed by atoms with Gasteiger partial charge in [0.05, 0.1) is 5.75 Å². The predicted molar refractivity (Wildman–Crippen MR) is 90.2 cm³/mol. The van der Waals surface area contributed by atoms with Gasteiger partial charge in [0, 0.05) is 0 Å². The van der Waals surface area contributed by atoms with Crippen LogP contribution in [0.15, 0.2) is 12.1 Å². The third-order valence-corrected chi connectivity index (χ3v) is 4.46. The van der Waals surface area contributed by atoms with E-state index in [0.717, 1.165) is 16.7 Å². The molecule has 0 atom stereocenters. The van der Waals surface area contributed by atoms with E-state index in [2.05, 4.69) is 0 Å². The largest absolute Gasteiger partial charge is 0.507 e. The molecule has 1 aromatic carbocycles. The second-order valence-corrected chi connectivity index (χ2v) is 9.50. The molecular formula is C17H28O4S. The summed E-state index contributed by atoms with van der Waals surface area (Å²) in [5.74, 6) is 0.0716. The van der Waals surface area contributed by atoms with Crippen molar-refractivity contribution in [2.45, 2.75) is 65.2 Å². The molecule has 126 valence electrons. The number of aromatic hydroxyl groups is 1. The summed E-state index contributed by atoms with van der Waals surface area (Å²) in [6, 6.07) is 3.88. The Balaban J connectivity index is 3.24. The molecule has 0 heterocycles. The number of aryl methyl sites for hydroxylation is 1. The molecule has 1 rings (SSSR count). The summed E-state index contributed by atoms with van der Waals surface area (Å²) < 4.78 is 30.5. The van der Waals surface area contributed by atoms with Gasteiger partial charge in [-0.15, -0.1) is 0 Å². The van der Waals surface area contributed by atoms with Gasteiger partial charge in [-0.3, -0.25) is 4.55 Å². The van der Waals surface area contributed by atoms with Crippen molar-refractivity contribution >= 4 is 10.1 Å². The third-order valence-electron chi connectivity index (χ3n) is 3.65. The molecule has 5 heteroatoms. The van der Waals surface area contributed by atoms with Crippen LogP contribution in [0, 0.1) is 0 Å². The molecule has 1 aromatic rings. The van der Waals surface area contributed by atoms with Crippen LogP contribution in [0.2, 0.25) is 0 Å². The molecule has 0 unspecified atom stereocenters. The van der Waals surface area contributed by atoms with Gasteiger partial charge in [-0.1, -0.05) is 53.7 Å². The average Bonchev–Trinajstić information content (AvgIpc) is 2.26. The molecule has 0 bridgehead atoms. The highest BCUT2D eigenvalue weighted by Gasteiger charge is 2.26. The minimum atomic E-state index is -3.93. The Morgan fingerprint density at radius 1 is 0.955 bits per heavy atom. The van der Waals surface area contributed by atoms with Gasteiger partial charge in [-0.25, -0.2) is 0 Å². The van der Waals surface area contributed by atoms with Crippen LogP contribution in [0.5, 0.6) is 5.75 Å². The predicted octanol–water partition coefficient (Wildman–Crippen LogP) is 3.81. The number of phenols is 1. The molecule has 0 amide bonds. The Morgan fingerprint density at radius 3 is 1.68 bits per heavy atom. The van der Waals surface area contributed by atoms with Gasteiger partial charge < -0.3 is 5.11 Å². The van der Waals surface area contributed by atoms with Crippen molar-refractivity contribution in [1.82, 2.24) is 0 Å². The molecule has 0 saturated heterocycles. The van der Waals surface area contributed by atoms with Gasteiger partial charge in [0.15, 0.2) is 0 Å².